The fourth-order valence-electron chi connectivity index (χ4n) is 2.51. The monoisotopic (exact) mass is 495 g/mol. The summed E-state index contributed by atoms with van der Waals surface area (Å²) >= 11 is 0. The van der Waals surface area contributed by atoms with Gasteiger partial charge in [0.2, 0.25) is 0 Å². The predicted octanol–water partition coefficient (Wildman–Crippen LogP) is 3.25. The summed E-state index contributed by atoms with van der Waals surface area (Å²) in [5.74, 6) is 0.921. The van der Waals surface area contributed by atoms with Crippen LogP contribution in [0.1, 0.15) is 39.7 Å². The van der Waals surface area contributed by atoms with Gasteiger partial charge in [-0.2, -0.15) is 0 Å². The zero-order valence-electron chi connectivity index (χ0n) is 16.6. The third kappa shape index (κ3) is 11.7. The molecule has 1 aromatic rings. The second kappa shape index (κ2) is 11.8. The lowest BCUT2D eigenvalue weighted by atomic mass is 9.86. The van der Waals surface area contributed by atoms with Gasteiger partial charge in [-0.1, -0.05) is 44.2 Å². The zero-order valence-corrected chi connectivity index (χ0v) is 19.7. The first-order valence-corrected chi connectivity index (χ1v) is 10.9. The molecule has 1 aromatic carbocycles. The number of hydrogen-bond acceptors (Lipinski definition) is 3. The van der Waals surface area contributed by atoms with Crippen LogP contribution in [0.15, 0.2) is 35.3 Å². The van der Waals surface area contributed by atoms with Gasteiger partial charge >= 0.3 is 0 Å². The summed E-state index contributed by atoms with van der Waals surface area (Å²) < 4.78 is 22.6. The van der Waals surface area contributed by atoms with Crippen molar-refractivity contribution in [2.24, 2.45) is 10.4 Å². The van der Waals surface area contributed by atoms with Crippen LogP contribution in [0.25, 0.3) is 0 Å². The van der Waals surface area contributed by atoms with Crippen LogP contribution in [0.5, 0.6) is 0 Å². The number of benzene rings is 1. The lowest BCUT2D eigenvalue weighted by Crippen LogP contribution is -2.43. The summed E-state index contributed by atoms with van der Waals surface area (Å²) in [6.07, 6.45) is 2.79. The highest BCUT2D eigenvalue weighted by Gasteiger charge is 2.19. The van der Waals surface area contributed by atoms with Crippen LogP contribution in [0.3, 0.4) is 0 Å². The molecule has 0 aliphatic rings. The molecule has 0 saturated carbocycles. The molecular weight excluding hydrogens is 461 g/mol. The highest BCUT2D eigenvalue weighted by molar-refractivity contribution is 14.0. The number of nitrogens with zero attached hydrogens (tertiary/aromatic N) is 1. The number of nitrogens with one attached hydrogen (secondary N) is 2. The standard InChI is InChI=1S/C19H33N3O2S.HI/c1-6-20-18(22-16(2)12-13-25(5,23)24)21-15-19(3,4)14-17-10-8-7-9-11-17;/h7-11,16H,6,12-15H2,1-5H3,(H2,20,21,22);1H. The van der Waals surface area contributed by atoms with Crippen LogP contribution < -0.4 is 10.6 Å². The highest BCUT2D eigenvalue weighted by atomic mass is 127. The van der Waals surface area contributed by atoms with E-state index in [4.69, 9.17) is 4.99 Å². The maximum Gasteiger partial charge on any atom is 0.191 e. The molecule has 0 aliphatic carbocycles. The van der Waals surface area contributed by atoms with Crippen LogP contribution in [0.4, 0.5) is 0 Å². The first-order chi connectivity index (χ1) is 11.6. The van der Waals surface area contributed by atoms with Crippen molar-refractivity contribution in [3.63, 3.8) is 0 Å². The van der Waals surface area contributed by atoms with Gasteiger partial charge < -0.3 is 10.6 Å². The molecule has 26 heavy (non-hydrogen) atoms. The first kappa shape index (κ1) is 25.2. The van der Waals surface area contributed by atoms with Gasteiger partial charge in [0.1, 0.15) is 9.84 Å². The number of halogens is 1. The first-order valence-electron chi connectivity index (χ1n) is 8.88. The predicted molar refractivity (Wildman–Crippen MR) is 122 cm³/mol. The van der Waals surface area contributed by atoms with Crippen LogP contribution >= 0.6 is 24.0 Å². The summed E-state index contributed by atoms with van der Waals surface area (Å²) in [7, 11) is -2.94. The average molecular weight is 495 g/mol. The van der Waals surface area contributed by atoms with Gasteiger partial charge in [0.05, 0.1) is 5.75 Å². The Morgan fingerprint density at radius 3 is 2.38 bits per heavy atom. The molecule has 0 bridgehead atoms. The van der Waals surface area contributed by atoms with E-state index in [0.29, 0.717) is 13.0 Å². The normalized spacial score (nSPS) is 13.7. The van der Waals surface area contributed by atoms with Crippen molar-refractivity contribution in [1.29, 1.82) is 0 Å². The summed E-state index contributed by atoms with van der Waals surface area (Å²) in [6, 6.07) is 10.5. The van der Waals surface area contributed by atoms with E-state index in [2.05, 4.69) is 48.7 Å². The molecule has 0 radical (unpaired) electrons. The molecular formula is C19H34IN3O2S. The maximum absolute atomic E-state index is 11.3. The van der Waals surface area contributed by atoms with E-state index in [1.807, 2.05) is 19.9 Å². The Hall–Kier alpha value is -0.830. The van der Waals surface area contributed by atoms with E-state index >= 15 is 0 Å². The van der Waals surface area contributed by atoms with Gasteiger partial charge in [-0.3, -0.25) is 4.99 Å². The maximum atomic E-state index is 11.3. The SMILES string of the molecule is CCNC(=NCC(C)(C)Cc1ccccc1)NC(C)CCS(C)(=O)=O.I. The minimum atomic E-state index is -2.94. The lowest BCUT2D eigenvalue weighted by Gasteiger charge is -2.24. The second-order valence-electron chi connectivity index (χ2n) is 7.49. The number of rotatable bonds is 9. The summed E-state index contributed by atoms with van der Waals surface area (Å²) in [5.41, 5.74) is 1.35. The largest absolute Gasteiger partial charge is 0.357 e. The van der Waals surface area contributed by atoms with Gasteiger partial charge in [-0.05, 0) is 37.7 Å². The van der Waals surface area contributed by atoms with Gasteiger partial charge in [0.15, 0.2) is 5.96 Å². The number of sulfone groups is 1. The molecule has 1 rings (SSSR count). The highest BCUT2D eigenvalue weighted by Crippen LogP contribution is 2.22. The minimum Gasteiger partial charge on any atom is -0.357 e. The Morgan fingerprint density at radius 2 is 1.85 bits per heavy atom. The van der Waals surface area contributed by atoms with Crippen molar-refractivity contribution >= 4 is 39.8 Å². The molecule has 5 nitrogen and oxygen atoms in total. The molecule has 0 spiro atoms. The van der Waals surface area contributed by atoms with E-state index in [1.54, 1.807) is 0 Å². The second-order valence-corrected chi connectivity index (χ2v) is 9.75. The van der Waals surface area contributed by atoms with Crippen molar-refractivity contribution in [3.05, 3.63) is 35.9 Å². The number of guanidine groups is 1. The number of aliphatic imine (C=N–C) groups is 1. The fourth-order valence-corrected chi connectivity index (χ4v) is 3.30. The van der Waals surface area contributed by atoms with E-state index in [0.717, 1.165) is 18.9 Å². The van der Waals surface area contributed by atoms with E-state index in [9.17, 15) is 8.42 Å². The molecule has 0 aromatic heterocycles. The Morgan fingerprint density at radius 1 is 1.23 bits per heavy atom. The Balaban J connectivity index is 0.00000625. The summed E-state index contributed by atoms with van der Waals surface area (Å²) in [5, 5.41) is 6.54. The molecule has 0 aliphatic heterocycles. The quantitative estimate of drug-likeness (QED) is 0.314. The molecule has 1 unspecified atom stereocenters. The van der Waals surface area contributed by atoms with Crippen molar-refractivity contribution < 1.29 is 8.42 Å². The lowest BCUT2D eigenvalue weighted by molar-refractivity contribution is 0.376. The summed E-state index contributed by atoms with van der Waals surface area (Å²) in [6.45, 7) is 9.88. The number of hydrogen-bond donors (Lipinski definition) is 2. The van der Waals surface area contributed by atoms with Gasteiger partial charge in [0.25, 0.3) is 0 Å². The molecule has 0 amide bonds. The fraction of sp³-hybridized carbons (Fsp3) is 0.632. The van der Waals surface area contributed by atoms with E-state index < -0.39 is 9.84 Å². The Kier molecular flexibility index (Phi) is 11.4. The van der Waals surface area contributed by atoms with Crippen LogP contribution in [0, 0.1) is 5.41 Å². The third-order valence-electron chi connectivity index (χ3n) is 3.84. The Labute approximate surface area is 176 Å². The molecule has 2 N–H and O–H groups in total. The van der Waals surface area contributed by atoms with E-state index in [1.165, 1.54) is 11.8 Å². The molecule has 0 saturated heterocycles. The van der Waals surface area contributed by atoms with Crippen LogP contribution in [-0.4, -0.2) is 45.5 Å². The van der Waals surface area contributed by atoms with Gasteiger partial charge in [0, 0.05) is 25.4 Å². The average Bonchev–Trinajstić information content (AvgIpc) is 2.51. The molecule has 0 fully saturated rings. The molecule has 7 heteroatoms. The minimum absolute atomic E-state index is 0. The van der Waals surface area contributed by atoms with Gasteiger partial charge in [-0.25, -0.2) is 8.42 Å². The topological polar surface area (TPSA) is 70.6 Å². The van der Waals surface area contributed by atoms with E-state index in [-0.39, 0.29) is 41.2 Å². The molecule has 0 heterocycles. The van der Waals surface area contributed by atoms with Crippen molar-refractivity contribution in [3.8, 4) is 0 Å². The summed E-state index contributed by atoms with van der Waals surface area (Å²) in [4.78, 5) is 4.71. The third-order valence-corrected chi connectivity index (χ3v) is 4.82. The smallest absolute Gasteiger partial charge is 0.191 e. The van der Waals surface area contributed by atoms with Gasteiger partial charge in [-0.15, -0.1) is 24.0 Å². The van der Waals surface area contributed by atoms with Crippen molar-refractivity contribution in [2.45, 2.75) is 46.6 Å². The molecule has 1 atom stereocenters. The van der Waals surface area contributed by atoms with Crippen LogP contribution in [0.2, 0.25) is 0 Å². The van der Waals surface area contributed by atoms with Crippen LogP contribution in [-0.2, 0) is 16.3 Å². The van der Waals surface area contributed by atoms with Crippen molar-refractivity contribution in [2.75, 3.05) is 25.1 Å². The zero-order chi connectivity index (χ0) is 18.9. The Bertz CT molecular complexity index is 646. The molecule has 150 valence electrons. The van der Waals surface area contributed by atoms with Crippen molar-refractivity contribution in [1.82, 2.24) is 10.6 Å².